The predicted molar refractivity (Wildman–Crippen MR) is 61.2 cm³/mol. The van der Waals surface area contributed by atoms with Crippen molar-refractivity contribution >= 4 is 8.32 Å². The van der Waals surface area contributed by atoms with Crippen LogP contribution in [-0.2, 0) is 4.43 Å². The van der Waals surface area contributed by atoms with Gasteiger partial charge in [-0.05, 0) is 33.0 Å². The maximum atomic E-state index is 5.98. The largest absolute Gasteiger partial charge is 0.402 e. The Labute approximate surface area is 84.0 Å². The molecule has 0 amide bonds. The molecule has 0 atom stereocenters. The number of unbranched alkanes of at least 4 members (excludes halogenated alkanes) is 1. The molecule has 0 rings (SSSR count). The van der Waals surface area contributed by atoms with Crippen molar-refractivity contribution in [3.63, 3.8) is 0 Å². The quantitative estimate of drug-likeness (QED) is 0.486. The van der Waals surface area contributed by atoms with E-state index in [1.807, 2.05) is 13.8 Å². The molecule has 0 bridgehead atoms. The Morgan fingerprint density at radius 2 is 1.92 bits per heavy atom. The zero-order chi connectivity index (χ0) is 10.5. The number of hydrogen-bond acceptors (Lipinski definition) is 1. The molecule has 0 saturated carbocycles. The van der Waals surface area contributed by atoms with E-state index in [0.717, 1.165) is 0 Å². The first kappa shape index (κ1) is 12.7. The molecule has 0 aromatic carbocycles. The smallest absolute Gasteiger partial charge is 0.188 e. The van der Waals surface area contributed by atoms with Crippen LogP contribution in [-0.4, -0.2) is 13.9 Å². The van der Waals surface area contributed by atoms with Gasteiger partial charge in [0.2, 0.25) is 0 Å². The molecular formula is C11H22OSi. The first-order valence-electron chi connectivity index (χ1n) is 5.01. The van der Waals surface area contributed by atoms with Gasteiger partial charge in [0, 0.05) is 0 Å². The molecule has 0 spiro atoms. The van der Waals surface area contributed by atoms with Crippen molar-refractivity contribution in [1.82, 2.24) is 0 Å². The summed E-state index contributed by atoms with van der Waals surface area (Å²) >= 11 is 0. The summed E-state index contributed by atoms with van der Waals surface area (Å²) < 4.78 is 5.98. The second kappa shape index (κ2) is 4.83. The third-order valence-electron chi connectivity index (χ3n) is 2.01. The summed E-state index contributed by atoms with van der Waals surface area (Å²) in [6, 6.07) is 1.20. The second-order valence-corrected chi connectivity index (χ2v) is 8.84. The zero-order valence-corrected chi connectivity index (χ0v) is 10.6. The lowest BCUT2D eigenvalue weighted by molar-refractivity contribution is 0.161. The average molecular weight is 198 g/mol. The molecule has 0 aliphatic carbocycles. The highest BCUT2D eigenvalue weighted by Crippen LogP contribution is 2.22. The van der Waals surface area contributed by atoms with Gasteiger partial charge in [0.15, 0.2) is 8.32 Å². The lowest BCUT2D eigenvalue weighted by Crippen LogP contribution is -2.39. The molecule has 0 saturated heterocycles. The van der Waals surface area contributed by atoms with Crippen LogP contribution in [0.3, 0.4) is 0 Å². The Kier molecular flexibility index (Phi) is 4.73. The fourth-order valence-electron chi connectivity index (χ4n) is 1.37. The van der Waals surface area contributed by atoms with Crippen molar-refractivity contribution in [1.29, 1.82) is 0 Å². The fraction of sp³-hybridized carbons (Fsp3) is 0.818. The van der Waals surface area contributed by atoms with E-state index in [4.69, 9.17) is 10.8 Å². The molecule has 0 aliphatic heterocycles. The van der Waals surface area contributed by atoms with Crippen LogP contribution >= 0.6 is 0 Å². The van der Waals surface area contributed by atoms with Crippen LogP contribution in [0.2, 0.25) is 19.1 Å². The molecular weight excluding hydrogens is 176 g/mol. The van der Waals surface area contributed by atoms with Crippen LogP contribution in [0.4, 0.5) is 0 Å². The monoisotopic (exact) mass is 198 g/mol. The second-order valence-electron chi connectivity index (χ2n) is 4.62. The third-order valence-corrected chi connectivity index (χ3v) is 4.63. The van der Waals surface area contributed by atoms with Gasteiger partial charge in [-0.15, -0.1) is 6.42 Å². The van der Waals surface area contributed by atoms with Crippen LogP contribution in [0.25, 0.3) is 0 Å². The Bertz CT molecular complexity index is 189. The Morgan fingerprint density at radius 1 is 1.38 bits per heavy atom. The third kappa shape index (κ3) is 5.90. The van der Waals surface area contributed by atoms with Crippen molar-refractivity contribution in [2.24, 2.45) is 0 Å². The molecule has 0 aromatic heterocycles. The molecule has 0 aliphatic rings. The molecule has 0 unspecified atom stereocenters. The Balaban J connectivity index is 4.10. The molecule has 0 heterocycles. The fourth-order valence-corrected chi connectivity index (χ4v) is 4.12. The molecule has 76 valence electrons. The standard InChI is InChI=1S/C11H22OSi/c1-7-9-10-13(5,6)12-11(3,4)8-2/h2H,7,9-10H2,1,3-6H3. The van der Waals surface area contributed by atoms with Gasteiger partial charge < -0.3 is 4.43 Å². The predicted octanol–water partition coefficient (Wildman–Crippen LogP) is 3.42. The van der Waals surface area contributed by atoms with Crippen LogP contribution in [0.5, 0.6) is 0 Å². The van der Waals surface area contributed by atoms with Gasteiger partial charge in [0.25, 0.3) is 0 Å². The van der Waals surface area contributed by atoms with Gasteiger partial charge in [-0.2, -0.15) is 0 Å². The molecule has 1 nitrogen and oxygen atoms in total. The van der Waals surface area contributed by atoms with Crippen LogP contribution in [0.15, 0.2) is 0 Å². The van der Waals surface area contributed by atoms with E-state index < -0.39 is 8.32 Å². The van der Waals surface area contributed by atoms with E-state index in [2.05, 4.69) is 25.9 Å². The van der Waals surface area contributed by atoms with E-state index in [1.54, 1.807) is 0 Å². The summed E-state index contributed by atoms with van der Waals surface area (Å²) in [6.07, 6.45) is 7.87. The maximum absolute atomic E-state index is 5.98. The normalized spacial score (nSPS) is 12.6. The Morgan fingerprint density at radius 3 is 2.31 bits per heavy atom. The van der Waals surface area contributed by atoms with Crippen molar-refractivity contribution in [3.8, 4) is 12.3 Å². The van der Waals surface area contributed by atoms with Gasteiger partial charge in [-0.1, -0.05) is 25.7 Å². The summed E-state index contributed by atoms with van der Waals surface area (Å²) in [6.45, 7) is 10.6. The van der Waals surface area contributed by atoms with Crippen molar-refractivity contribution in [2.75, 3.05) is 0 Å². The molecule has 0 fully saturated rings. The summed E-state index contributed by atoms with van der Waals surface area (Å²) in [5.74, 6) is 2.69. The van der Waals surface area contributed by atoms with E-state index in [1.165, 1.54) is 18.9 Å². The van der Waals surface area contributed by atoms with Crippen LogP contribution in [0, 0.1) is 12.3 Å². The van der Waals surface area contributed by atoms with Gasteiger partial charge in [0.05, 0.1) is 0 Å². The summed E-state index contributed by atoms with van der Waals surface area (Å²) in [5.41, 5.74) is -0.385. The lowest BCUT2D eigenvalue weighted by Gasteiger charge is -2.31. The minimum Gasteiger partial charge on any atom is -0.402 e. The first-order valence-corrected chi connectivity index (χ1v) is 8.12. The Hall–Kier alpha value is -0.263. The van der Waals surface area contributed by atoms with Gasteiger partial charge in [0.1, 0.15) is 5.60 Å². The number of rotatable bonds is 5. The molecule has 2 heteroatoms. The average Bonchev–Trinajstić information content (AvgIpc) is 1.99. The highest BCUT2D eigenvalue weighted by Gasteiger charge is 2.29. The highest BCUT2D eigenvalue weighted by atomic mass is 28.4. The summed E-state index contributed by atoms with van der Waals surface area (Å²) in [4.78, 5) is 0. The summed E-state index contributed by atoms with van der Waals surface area (Å²) in [5, 5.41) is 0. The summed E-state index contributed by atoms with van der Waals surface area (Å²) in [7, 11) is -1.52. The van der Waals surface area contributed by atoms with E-state index in [0.29, 0.717) is 0 Å². The van der Waals surface area contributed by atoms with Gasteiger partial charge in [-0.3, -0.25) is 0 Å². The zero-order valence-electron chi connectivity index (χ0n) is 9.61. The van der Waals surface area contributed by atoms with Crippen LogP contribution < -0.4 is 0 Å². The lowest BCUT2D eigenvalue weighted by atomic mass is 10.2. The first-order chi connectivity index (χ1) is 5.83. The topological polar surface area (TPSA) is 9.23 Å². The SMILES string of the molecule is C#CC(C)(C)O[Si](C)(C)CCCC. The van der Waals surface area contributed by atoms with Gasteiger partial charge in [-0.25, -0.2) is 0 Å². The maximum Gasteiger partial charge on any atom is 0.188 e. The van der Waals surface area contributed by atoms with E-state index >= 15 is 0 Å². The van der Waals surface area contributed by atoms with Crippen LogP contribution in [0.1, 0.15) is 33.6 Å². The molecule has 0 radical (unpaired) electrons. The van der Waals surface area contributed by atoms with E-state index in [-0.39, 0.29) is 5.60 Å². The number of hydrogen-bond donors (Lipinski definition) is 0. The van der Waals surface area contributed by atoms with Crippen molar-refractivity contribution in [3.05, 3.63) is 0 Å². The van der Waals surface area contributed by atoms with Gasteiger partial charge >= 0.3 is 0 Å². The highest BCUT2D eigenvalue weighted by molar-refractivity contribution is 6.71. The molecule has 0 aromatic rings. The van der Waals surface area contributed by atoms with E-state index in [9.17, 15) is 0 Å². The van der Waals surface area contributed by atoms with Crippen molar-refractivity contribution in [2.45, 2.75) is 58.4 Å². The minimum atomic E-state index is -1.52. The minimum absolute atomic E-state index is 0.385. The molecule has 0 N–H and O–H groups in total. The molecule has 13 heavy (non-hydrogen) atoms. The van der Waals surface area contributed by atoms with Crippen molar-refractivity contribution < 1.29 is 4.43 Å². The number of terminal acetylenes is 1.